The van der Waals surface area contributed by atoms with Gasteiger partial charge < -0.3 is 10.1 Å². The van der Waals surface area contributed by atoms with Gasteiger partial charge in [0.15, 0.2) is 5.11 Å². The number of hydrogen-bond acceptors (Lipinski definition) is 6. The first-order valence-corrected chi connectivity index (χ1v) is 13.6. The molecule has 1 aliphatic carbocycles. The van der Waals surface area contributed by atoms with Crippen molar-refractivity contribution >= 4 is 56.4 Å². The van der Waals surface area contributed by atoms with E-state index < -0.39 is 0 Å². The number of esters is 1. The fraction of sp³-hybridized carbons (Fsp3) is 0.241. The van der Waals surface area contributed by atoms with Crippen LogP contribution in [0.3, 0.4) is 0 Å². The molecule has 2 aromatic carbocycles. The predicted molar refractivity (Wildman–Crippen MR) is 152 cm³/mol. The van der Waals surface area contributed by atoms with Gasteiger partial charge in [0, 0.05) is 15.8 Å². The summed E-state index contributed by atoms with van der Waals surface area (Å²) in [6.45, 7) is 4.30. The second kappa shape index (κ2) is 10.8. The molecule has 0 unspecified atom stereocenters. The highest BCUT2D eigenvalue weighted by atomic mass is 32.1. The molecule has 0 fully saturated rings. The Kier molecular flexibility index (Phi) is 7.30. The number of carbonyl (C=O) groups is 2. The summed E-state index contributed by atoms with van der Waals surface area (Å²) in [4.78, 5) is 32.2. The van der Waals surface area contributed by atoms with E-state index >= 15 is 0 Å². The van der Waals surface area contributed by atoms with Crippen LogP contribution >= 0.6 is 23.6 Å². The van der Waals surface area contributed by atoms with Gasteiger partial charge in [-0.3, -0.25) is 10.1 Å². The number of benzene rings is 2. The molecule has 0 radical (unpaired) electrons. The minimum Gasteiger partial charge on any atom is -0.462 e. The first-order chi connectivity index (χ1) is 17.9. The zero-order valence-corrected chi connectivity index (χ0v) is 22.3. The highest BCUT2D eigenvalue weighted by Crippen LogP contribution is 2.40. The summed E-state index contributed by atoms with van der Waals surface area (Å²) in [5.41, 5.74) is 4.38. The van der Waals surface area contributed by atoms with Crippen LogP contribution in [0.5, 0.6) is 0 Å². The number of hydrogen-bond donors (Lipinski definition) is 2. The van der Waals surface area contributed by atoms with Gasteiger partial charge in [0.25, 0.3) is 5.91 Å². The zero-order chi connectivity index (χ0) is 25.9. The number of nitrogens with zero attached hydrogens (tertiary/aromatic N) is 1. The number of nitrogens with one attached hydrogen (secondary N) is 2. The van der Waals surface area contributed by atoms with E-state index in [1.54, 1.807) is 13.0 Å². The Morgan fingerprint density at radius 1 is 1.14 bits per heavy atom. The minimum absolute atomic E-state index is 0.129. The Bertz CT molecular complexity index is 1500. The van der Waals surface area contributed by atoms with Gasteiger partial charge in [0.2, 0.25) is 0 Å². The topological polar surface area (TPSA) is 80.3 Å². The van der Waals surface area contributed by atoms with E-state index in [4.69, 9.17) is 21.9 Å². The lowest BCUT2D eigenvalue weighted by molar-refractivity contribution is 0.0526. The number of thiophene rings is 1. The van der Waals surface area contributed by atoms with Crippen LogP contribution in [0.25, 0.3) is 22.2 Å². The van der Waals surface area contributed by atoms with Crippen LogP contribution < -0.4 is 10.6 Å². The van der Waals surface area contributed by atoms with Crippen molar-refractivity contribution in [1.82, 2.24) is 10.3 Å². The van der Waals surface area contributed by atoms with Crippen LogP contribution in [-0.2, 0) is 17.6 Å². The zero-order valence-electron chi connectivity index (χ0n) is 20.7. The second-order valence-corrected chi connectivity index (χ2v) is 10.6. The summed E-state index contributed by atoms with van der Waals surface area (Å²) < 4.78 is 5.35. The number of rotatable bonds is 5. The summed E-state index contributed by atoms with van der Waals surface area (Å²) in [5, 5.41) is 7.41. The van der Waals surface area contributed by atoms with Crippen molar-refractivity contribution < 1.29 is 14.3 Å². The Balaban J connectivity index is 1.43. The molecule has 1 aliphatic rings. The van der Waals surface area contributed by atoms with E-state index in [0.717, 1.165) is 41.3 Å². The van der Waals surface area contributed by atoms with Crippen molar-refractivity contribution in [1.29, 1.82) is 0 Å². The Morgan fingerprint density at radius 2 is 1.89 bits per heavy atom. The molecule has 6 nitrogen and oxygen atoms in total. The fourth-order valence-electron chi connectivity index (χ4n) is 4.68. The number of amides is 1. The van der Waals surface area contributed by atoms with Crippen LogP contribution in [-0.4, -0.2) is 28.6 Å². The molecule has 0 aliphatic heterocycles. The van der Waals surface area contributed by atoms with E-state index in [1.165, 1.54) is 16.2 Å². The molecule has 0 saturated carbocycles. The molecule has 5 rings (SSSR count). The van der Waals surface area contributed by atoms with Gasteiger partial charge >= 0.3 is 5.97 Å². The lowest BCUT2D eigenvalue weighted by Gasteiger charge is -2.18. The summed E-state index contributed by atoms with van der Waals surface area (Å²) in [6.07, 6.45) is 2.77. The molecule has 188 valence electrons. The monoisotopic (exact) mass is 529 g/mol. The van der Waals surface area contributed by atoms with Crippen LogP contribution in [0.1, 0.15) is 51.4 Å². The van der Waals surface area contributed by atoms with Gasteiger partial charge in [0.05, 0.1) is 28.9 Å². The maximum atomic E-state index is 13.4. The predicted octanol–water partition coefficient (Wildman–Crippen LogP) is 6.39. The van der Waals surface area contributed by atoms with E-state index in [-0.39, 0.29) is 17.0 Å². The Hall–Kier alpha value is -3.62. The van der Waals surface area contributed by atoms with Crippen molar-refractivity contribution in [2.45, 2.75) is 33.1 Å². The van der Waals surface area contributed by atoms with E-state index in [0.29, 0.717) is 34.3 Å². The molecule has 1 amide bonds. The van der Waals surface area contributed by atoms with Gasteiger partial charge in [-0.05, 0) is 62.0 Å². The second-order valence-electron chi connectivity index (χ2n) is 9.12. The Labute approximate surface area is 225 Å². The number of carbonyl (C=O) groups excluding carboxylic acids is 2. The molecule has 0 bridgehead atoms. The number of thiocarbonyl (C=S) groups is 1. The molecule has 0 spiro atoms. The summed E-state index contributed by atoms with van der Waals surface area (Å²) in [5.74, 6) is -0.154. The third kappa shape index (κ3) is 5.26. The minimum atomic E-state index is -0.362. The van der Waals surface area contributed by atoms with E-state index in [2.05, 4.69) is 17.6 Å². The molecule has 4 aromatic rings. The number of fused-ring (bicyclic) bond motifs is 2. The fourth-order valence-corrected chi connectivity index (χ4v) is 6.35. The smallest absolute Gasteiger partial charge is 0.341 e. The van der Waals surface area contributed by atoms with Gasteiger partial charge in [-0.25, -0.2) is 9.78 Å². The van der Waals surface area contributed by atoms with Crippen molar-refractivity contribution in [3.8, 4) is 11.3 Å². The summed E-state index contributed by atoms with van der Waals surface area (Å²) in [6, 6.07) is 19.1. The van der Waals surface area contributed by atoms with Crippen LogP contribution in [0.4, 0.5) is 5.00 Å². The number of anilines is 1. The van der Waals surface area contributed by atoms with Gasteiger partial charge in [-0.2, -0.15) is 0 Å². The third-order valence-corrected chi connectivity index (χ3v) is 7.85. The largest absolute Gasteiger partial charge is 0.462 e. The molecule has 8 heteroatoms. The van der Waals surface area contributed by atoms with Crippen LogP contribution in [0.15, 0.2) is 60.7 Å². The first kappa shape index (κ1) is 25.0. The molecule has 2 heterocycles. The third-order valence-electron chi connectivity index (χ3n) is 6.48. The molecular formula is C29H27N3O3S2. The average molecular weight is 530 g/mol. The quantitative estimate of drug-likeness (QED) is 0.230. The molecule has 2 aromatic heterocycles. The number of aromatic nitrogens is 1. The lowest BCUT2D eigenvalue weighted by atomic mass is 9.88. The molecule has 0 saturated heterocycles. The summed E-state index contributed by atoms with van der Waals surface area (Å²) >= 11 is 7.04. The molecule has 2 N–H and O–H groups in total. The molecule has 37 heavy (non-hydrogen) atoms. The SMILES string of the molecule is CCOC(=O)c1c(NC(=S)NC(=O)c2cc(-c3ccccc3)nc3ccccc23)sc2c1CC[C@H](C)C2. The lowest BCUT2D eigenvalue weighted by Crippen LogP contribution is -2.34. The van der Waals surface area contributed by atoms with Crippen LogP contribution in [0.2, 0.25) is 0 Å². The normalized spacial score (nSPS) is 14.6. The number of pyridine rings is 1. The number of ether oxygens (including phenoxy) is 1. The first-order valence-electron chi connectivity index (χ1n) is 12.3. The van der Waals surface area contributed by atoms with Crippen molar-refractivity contribution in [3.05, 3.63) is 82.2 Å². The highest BCUT2D eigenvalue weighted by Gasteiger charge is 2.29. The van der Waals surface area contributed by atoms with E-state index in [9.17, 15) is 9.59 Å². The van der Waals surface area contributed by atoms with Gasteiger partial charge in [-0.15, -0.1) is 11.3 Å². The van der Waals surface area contributed by atoms with Crippen molar-refractivity contribution in [3.63, 3.8) is 0 Å². The number of para-hydroxylation sites is 1. The van der Waals surface area contributed by atoms with Crippen molar-refractivity contribution in [2.75, 3.05) is 11.9 Å². The maximum absolute atomic E-state index is 13.4. The molecular weight excluding hydrogens is 502 g/mol. The molecule has 1 atom stereocenters. The average Bonchev–Trinajstić information content (AvgIpc) is 3.25. The summed E-state index contributed by atoms with van der Waals surface area (Å²) in [7, 11) is 0. The highest BCUT2D eigenvalue weighted by molar-refractivity contribution is 7.80. The Morgan fingerprint density at radius 3 is 2.68 bits per heavy atom. The van der Waals surface area contributed by atoms with Gasteiger partial charge in [-0.1, -0.05) is 55.5 Å². The standard InChI is InChI=1S/C29H27N3O3S2/c1-3-35-28(34)25-20-14-13-17(2)15-24(20)37-27(25)32-29(36)31-26(33)21-16-23(18-9-5-4-6-10-18)30-22-12-8-7-11-19(21)22/h4-12,16-17H,3,13-15H2,1-2H3,(H2,31,32,33,36)/t17-/m0/s1. The van der Waals surface area contributed by atoms with Crippen molar-refractivity contribution in [2.24, 2.45) is 5.92 Å². The maximum Gasteiger partial charge on any atom is 0.341 e. The van der Waals surface area contributed by atoms with E-state index in [1.807, 2.05) is 54.6 Å². The van der Waals surface area contributed by atoms with Gasteiger partial charge in [0.1, 0.15) is 5.00 Å². The van der Waals surface area contributed by atoms with Crippen LogP contribution in [0, 0.1) is 5.92 Å².